The van der Waals surface area contributed by atoms with E-state index in [1.165, 1.54) is 30.3 Å². The van der Waals surface area contributed by atoms with Crippen LogP contribution in [-0.4, -0.2) is 32.9 Å². The van der Waals surface area contributed by atoms with Gasteiger partial charge in [-0.25, -0.2) is 8.42 Å². The van der Waals surface area contributed by atoms with E-state index < -0.39 is 27.9 Å². The molecule has 0 radical (unpaired) electrons. The fourth-order valence-electron chi connectivity index (χ4n) is 2.23. The number of benzene rings is 1. The van der Waals surface area contributed by atoms with Gasteiger partial charge in [0, 0.05) is 18.2 Å². The van der Waals surface area contributed by atoms with Crippen molar-refractivity contribution < 1.29 is 27.2 Å². The van der Waals surface area contributed by atoms with E-state index in [-0.39, 0.29) is 17.3 Å². The van der Waals surface area contributed by atoms with E-state index in [1.807, 2.05) is 0 Å². The summed E-state index contributed by atoms with van der Waals surface area (Å²) in [6, 6.07) is 6.15. The molecule has 11 heteroatoms. The number of anilines is 1. The molecule has 1 aromatic heterocycles. The highest BCUT2D eigenvalue weighted by atomic mass is 79.9. The second-order valence-electron chi connectivity index (χ2n) is 5.34. The number of ether oxygens (including phenoxy) is 1. The molecule has 0 unspecified atom stereocenters. The summed E-state index contributed by atoms with van der Waals surface area (Å²) < 4.78 is 37.8. The van der Waals surface area contributed by atoms with Gasteiger partial charge in [0.15, 0.2) is 10.4 Å². The largest absolute Gasteiger partial charge is 0.464 e. The average molecular weight is 508 g/mol. The monoisotopic (exact) mass is 506 g/mol. The van der Waals surface area contributed by atoms with Gasteiger partial charge < -0.3 is 14.5 Å². The average Bonchev–Trinajstić information content (AvgIpc) is 3.14. The number of hydrogen-bond donors (Lipinski definition) is 2. The number of esters is 1. The second kappa shape index (κ2) is 7.51. The number of rotatable bonds is 5. The van der Waals surface area contributed by atoms with Gasteiger partial charge in [-0.2, -0.15) is 4.72 Å². The third kappa shape index (κ3) is 4.17. The zero-order valence-corrected chi connectivity index (χ0v) is 17.0. The van der Waals surface area contributed by atoms with Crippen molar-refractivity contribution >= 4 is 59.4 Å². The minimum Gasteiger partial charge on any atom is -0.464 e. The Morgan fingerprint density at radius 3 is 2.42 bits per heavy atom. The van der Waals surface area contributed by atoms with Gasteiger partial charge in [0.25, 0.3) is 5.91 Å². The van der Waals surface area contributed by atoms with Crippen molar-refractivity contribution in [2.24, 2.45) is 0 Å². The lowest BCUT2D eigenvalue weighted by atomic mass is 10.3. The van der Waals surface area contributed by atoms with Crippen LogP contribution in [0.4, 0.5) is 5.69 Å². The fourth-order valence-corrected chi connectivity index (χ4v) is 4.02. The first kappa shape index (κ1) is 19.1. The first-order valence-electron chi connectivity index (χ1n) is 7.31. The van der Waals surface area contributed by atoms with Crippen LogP contribution in [0.1, 0.15) is 17.0 Å². The van der Waals surface area contributed by atoms with Crippen molar-refractivity contribution in [3.05, 3.63) is 45.2 Å². The highest BCUT2D eigenvalue weighted by Crippen LogP contribution is 2.27. The third-order valence-electron chi connectivity index (χ3n) is 3.52. The van der Waals surface area contributed by atoms with Crippen LogP contribution in [0.5, 0.6) is 0 Å². The molecule has 2 N–H and O–H groups in total. The Morgan fingerprint density at radius 2 is 1.88 bits per heavy atom. The number of amides is 1. The first-order valence-corrected chi connectivity index (χ1v) is 10.4. The first-order chi connectivity index (χ1) is 12.3. The molecule has 26 heavy (non-hydrogen) atoms. The van der Waals surface area contributed by atoms with Crippen LogP contribution >= 0.6 is 31.9 Å². The highest BCUT2D eigenvalue weighted by molar-refractivity contribution is 9.13. The van der Waals surface area contributed by atoms with Crippen LogP contribution in [0, 0.1) is 0 Å². The number of hydrogen-bond acceptors (Lipinski definition) is 6. The molecular weight excluding hydrogens is 496 g/mol. The van der Waals surface area contributed by atoms with Crippen LogP contribution < -0.4 is 10.0 Å². The molecule has 1 atom stereocenters. The van der Waals surface area contributed by atoms with Crippen LogP contribution in [0.15, 0.2) is 48.8 Å². The van der Waals surface area contributed by atoms with Crippen LogP contribution in [0.25, 0.3) is 0 Å². The van der Waals surface area contributed by atoms with Gasteiger partial charge in [-0.15, -0.1) is 0 Å². The van der Waals surface area contributed by atoms with E-state index in [1.54, 1.807) is 0 Å². The molecule has 1 fully saturated rings. The van der Waals surface area contributed by atoms with Gasteiger partial charge in [-0.05, 0) is 56.1 Å². The quantitative estimate of drug-likeness (QED) is 0.601. The molecule has 2 aromatic rings. The summed E-state index contributed by atoms with van der Waals surface area (Å²) in [4.78, 5) is 23.5. The number of cyclic esters (lactones) is 1. The van der Waals surface area contributed by atoms with E-state index >= 15 is 0 Å². The molecule has 2 heterocycles. The fraction of sp³-hybridized carbons (Fsp3) is 0.200. The standard InChI is InChI=1S/C15H12Br2N2O6S/c16-10-7-12(25-13(10)17)14(20)18-8-1-3-9(4-2-8)26(22,23)19-11-5-6-24-15(11)21/h1-4,7,11,19H,5-6H2,(H,18,20)/t11-/m0/s1. The van der Waals surface area contributed by atoms with Gasteiger partial charge >= 0.3 is 5.97 Å². The lowest BCUT2D eigenvalue weighted by Gasteiger charge is -2.10. The Kier molecular flexibility index (Phi) is 5.51. The highest BCUT2D eigenvalue weighted by Gasteiger charge is 2.31. The summed E-state index contributed by atoms with van der Waals surface area (Å²) in [5.41, 5.74) is 0.387. The Bertz CT molecular complexity index is 936. The maximum atomic E-state index is 12.3. The summed E-state index contributed by atoms with van der Waals surface area (Å²) in [7, 11) is -3.87. The van der Waals surface area contributed by atoms with E-state index in [4.69, 9.17) is 9.15 Å². The summed E-state index contributed by atoms with van der Waals surface area (Å²) in [5, 5.41) is 2.59. The molecule has 1 saturated heterocycles. The minimum absolute atomic E-state index is 0.0290. The number of halogens is 2. The number of furan rings is 1. The minimum atomic E-state index is -3.87. The third-order valence-corrected chi connectivity index (χ3v) is 6.72. The van der Waals surface area contributed by atoms with Crippen molar-refractivity contribution in [1.82, 2.24) is 4.72 Å². The van der Waals surface area contributed by atoms with Crippen LogP contribution in [-0.2, 0) is 19.6 Å². The topological polar surface area (TPSA) is 115 Å². The van der Waals surface area contributed by atoms with Crippen molar-refractivity contribution in [2.75, 3.05) is 11.9 Å². The number of carbonyl (C=O) groups is 2. The zero-order valence-electron chi connectivity index (χ0n) is 13.0. The van der Waals surface area contributed by atoms with E-state index in [0.717, 1.165) is 0 Å². The molecule has 1 aromatic carbocycles. The molecule has 1 amide bonds. The zero-order chi connectivity index (χ0) is 18.9. The van der Waals surface area contributed by atoms with E-state index in [0.29, 0.717) is 21.3 Å². The Hall–Kier alpha value is -1.69. The molecular formula is C15H12Br2N2O6S. The van der Waals surface area contributed by atoms with Crippen molar-refractivity contribution in [3.8, 4) is 0 Å². The van der Waals surface area contributed by atoms with Crippen molar-refractivity contribution in [2.45, 2.75) is 17.4 Å². The summed E-state index contributed by atoms with van der Waals surface area (Å²) in [6.45, 7) is 0.190. The van der Waals surface area contributed by atoms with E-state index in [2.05, 4.69) is 41.9 Å². The molecule has 1 aliphatic heterocycles. The van der Waals surface area contributed by atoms with Crippen LogP contribution in [0.2, 0.25) is 0 Å². The Labute approximate surface area is 165 Å². The summed E-state index contributed by atoms with van der Waals surface area (Å²) in [5.74, 6) is -0.992. The predicted octanol–water partition coefficient (Wildman–Crippen LogP) is 2.65. The lowest BCUT2D eigenvalue weighted by molar-refractivity contribution is -0.139. The predicted molar refractivity (Wildman–Crippen MR) is 98.2 cm³/mol. The number of carbonyl (C=O) groups excluding carboxylic acids is 2. The van der Waals surface area contributed by atoms with Crippen molar-refractivity contribution in [3.63, 3.8) is 0 Å². The molecule has 8 nitrogen and oxygen atoms in total. The number of nitrogens with one attached hydrogen (secondary N) is 2. The molecule has 138 valence electrons. The molecule has 1 aliphatic rings. The second-order valence-corrected chi connectivity index (χ2v) is 8.63. The molecule has 0 aliphatic carbocycles. The maximum Gasteiger partial charge on any atom is 0.324 e. The van der Waals surface area contributed by atoms with Crippen molar-refractivity contribution in [1.29, 1.82) is 0 Å². The van der Waals surface area contributed by atoms with E-state index in [9.17, 15) is 18.0 Å². The van der Waals surface area contributed by atoms with Gasteiger partial charge in [0.2, 0.25) is 10.0 Å². The lowest BCUT2D eigenvalue weighted by Crippen LogP contribution is -2.37. The maximum absolute atomic E-state index is 12.3. The van der Waals surface area contributed by atoms with Gasteiger partial charge in [-0.3, -0.25) is 9.59 Å². The summed E-state index contributed by atoms with van der Waals surface area (Å²) in [6.07, 6.45) is 0.292. The molecule has 0 spiro atoms. The molecule has 0 saturated carbocycles. The van der Waals surface area contributed by atoms with Gasteiger partial charge in [-0.1, -0.05) is 0 Å². The summed E-state index contributed by atoms with van der Waals surface area (Å²) >= 11 is 6.36. The molecule has 3 rings (SSSR count). The Balaban J connectivity index is 1.69. The normalized spacial score (nSPS) is 17.2. The number of sulfonamides is 1. The van der Waals surface area contributed by atoms with Gasteiger partial charge in [0.05, 0.1) is 16.0 Å². The van der Waals surface area contributed by atoms with Crippen LogP contribution in [0.3, 0.4) is 0 Å². The Morgan fingerprint density at radius 1 is 1.19 bits per heavy atom. The SMILES string of the molecule is O=C(Nc1ccc(S(=O)(=O)N[C@H]2CCOC2=O)cc1)c1cc(Br)c(Br)o1. The van der Waals surface area contributed by atoms with Gasteiger partial charge in [0.1, 0.15) is 6.04 Å². The molecule has 0 bridgehead atoms. The smallest absolute Gasteiger partial charge is 0.324 e.